The van der Waals surface area contributed by atoms with Gasteiger partial charge in [0.15, 0.2) is 0 Å². The molecule has 0 fully saturated rings. The molecular formula is C12H21N3O2. The number of hydrogen-bond donors (Lipinski definition) is 1. The van der Waals surface area contributed by atoms with Crippen molar-refractivity contribution in [1.29, 1.82) is 0 Å². The van der Waals surface area contributed by atoms with Crippen LogP contribution in [-0.2, 0) is 9.53 Å². The van der Waals surface area contributed by atoms with E-state index in [1.54, 1.807) is 20.0 Å². The van der Waals surface area contributed by atoms with E-state index in [0.717, 1.165) is 5.82 Å². The summed E-state index contributed by atoms with van der Waals surface area (Å²) in [5.41, 5.74) is 5.03. The predicted octanol–water partition coefficient (Wildman–Crippen LogP) is 1.42. The lowest BCUT2D eigenvalue weighted by atomic mass is 9.95. The van der Waals surface area contributed by atoms with E-state index < -0.39 is 5.54 Å². The van der Waals surface area contributed by atoms with Crippen LogP contribution in [-0.4, -0.2) is 27.7 Å². The van der Waals surface area contributed by atoms with E-state index in [2.05, 4.69) is 4.98 Å². The van der Waals surface area contributed by atoms with Crippen LogP contribution in [0.2, 0.25) is 0 Å². The summed E-state index contributed by atoms with van der Waals surface area (Å²) in [6, 6.07) is 0.108. The molecule has 0 amide bonds. The summed E-state index contributed by atoms with van der Waals surface area (Å²) in [5, 5.41) is 0. The van der Waals surface area contributed by atoms with E-state index in [9.17, 15) is 4.79 Å². The lowest BCUT2D eigenvalue weighted by Crippen LogP contribution is -2.47. The minimum absolute atomic E-state index is 0.108. The van der Waals surface area contributed by atoms with Gasteiger partial charge in [0.1, 0.15) is 11.4 Å². The van der Waals surface area contributed by atoms with Gasteiger partial charge in [0.2, 0.25) is 0 Å². The standard InChI is InChI=1S/C12H21N3O2/c1-5-17-11(16)12(4,13)8-9(2)15-7-6-14-10(15)3/h6-7,9H,5,8,13H2,1-4H3. The fourth-order valence-electron chi connectivity index (χ4n) is 1.94. The summed E-state index contributed by atoms with van der Waals surface area (Å²) in [7, 11) is 0. The van der Waals surface area contributed by atoms with Crippen molar-refractivity contribution >= 4 is 5.97 Å². The number of carbonyl (C=O) groups excluding carboxylic acids is 1. The quantitative estimate of drug-likeness (QED) is 0.789. The highest BCUT2D eigenvalue weighted by molar-refractivity contribution is 5.80. The van der Waals surface area contributed by atoms with E-state index in [1.165, 1.54) is 0 Å². The van der Waals surface area contributed by atoms with Gasteiger partial charge in [-0.15, -0.1) is 0 Å². The summed E-state index contributed by atoms with van der Waals surface area (Å²) < 4.78 is 6.97. The van der Waals surface area contributed by atoms with Crippen molar-refractivity contribution < 1.29 is 9.53 Å². The van der Waals surface area contributed by atoms with Gasteiger partial charge < -0.3 is 15.0 Å². The van der Waals surface area contributed by atoms with Crippen molar-refractivity contribution in [1.82, 2.24) is 9.55 Å². The van der Waals surface area contributed by atoms with Crippen molar-refractivity contribution in [2.45, 2.75) is 45.7 Å². The van der Waals surface area contributed by atoms with Gasteiger partial charge in [-0.25, -0.2) is 4.98 Å². The molecule has 0 aliphatic heterocycles. The van der Waals surface area contributed by atoms with Crippen LogP contribution in [0.4, 0.5) is 0 Å². The van der Waals surface area contributed by atoms with Gasteiger partial charge in [0, 0.05) is 18.4 Å². The highest BCUT2D eigenvalue weighted by Gasteiger charge is 2.32. The highest BCUT2D eigenvalue weighted by atomic mass is 16.5. The lowest BCUT2D eigenvalue weighted by Gasteiger charge is -2.26. The number of imidazole rings is 1. The predicted molar refractivity (Wildman–Crippen MR) is 65.5 cm³/mol. The van der Waals surface area contributed by atoms with Crippen LogP contribution in [0.15, 0.2) is 12.4 Å². The summed E-state index contributed by atoms with van der Waals surface area (Å²) in [5.74, 6) is 0.557. The Morgan fingerprint density at radius 2 is 2.35 bits per heavy atom. The summed E-state index contributed by atoms with van der Waals surface area (Å²) in [6.45, 7) is 7.77. The molecule has 1 heterocycles. The lowest BCUT2D eigenvalue weighted by molar-refractivity contribution is -0.149. The average Bonchev–Trinajstić information content (AvgIpc) is 2.64. The molecule has 0 aliphatic rings. The first-order valence-electron chi connectivity index (χ1n) is 5.84. The van der Waals surface area contributed by atoms with Crippen LogP contribution in [0.25, 0.3) is 0 Å². The molecule has 96 valence electrons. The fraction of sp³-hybridized carbons (Fsp3) is 0.667. The Morgan fingerprint density at radius 1 is 1.71 bits per heavy atom. The van der Waals surface area contributed by atoms with Gasteiger partial charge in [-0.05, 0) is 34.1 Å². The number of aryl methyl sites for hydroxylation is 1. The van der Waals surface area contributed by atoms with Crippen LogP contribution < -0.4 is 5.73 Å². The average molecular weight is 239 g/mol. The zero-order chi connectivity index (χ0) is 13.1. The van der Waals surface area contributed by atoms with E-state index in [-0.39, 0.29) is 12.0 Å². The Kier molecular flexibility index (Phi) is 4.28. The molecule has 0 bridgehead atoms. The Hall–Kier alpha value is -1.36. The molecule has 0 saturated heterocycles. The van der Waals surface area contributed by atoms with Crippen LogP contribution >= 0.6 is 0 Å². The van der Waals surface area contributed by atoms with Crippen LogP contribution in [0.1, 0.15) is 39.1 Å². The summed E-state index contributed by atoms with van der Waals surface area (Å²) in [6.07, 6.45) is 4.15. The Morgan fingerprint density at radius 3 is 2.82 bits per heavy atom. The third-order valence-corrected chi connectivity index (χ3v) is 2.80. The largest absolute Gasteiger partial charge is 0.465 e. The molecule has 0 spiro atoms. The number of esters is 1. The van der Waals surface area contributed by atoms with Gasteiger partial charge in [-0.2, -0.15) is 0 Å². The van der Waals surface area contributed by atoms with Crippen LogP contribution in [0.5, 0.6) is 0 Å². The normalized spacial score (nSPS) is 16.3. The summed E-state index contributed by atoms with van der Waals surface area (Å²) in [4.78, 5) is 15.8. The number of carbonyl (C=O) groups is 1. The zero-order valence-electron chi connectivity index (χ0n) is 10.9. The maximum Gasteiger partial charge on any atom is 0.325 e. The Bertz CT molecular complexity index is 385. The molecule has 1 aromatic rings. The monoisotopic (exact) mass is 239 g/mol. The highest BCUT2D eigenvalue weighted by Crippen LogP contribution is 2.21. The van der Waals surface area contributed by atoms with E-state index in [4.69, 9.17) is 10.5 Å². The second-order valence-electron chi connectivity index (χ2n) is 4.57. The number of rotatable bonds is 5. The minimum atomic E-state index is -0.966. The zero-order valence-corrected chi connectivity index (χ0v) is 10.9. The first-order valence-corrected chi connectivity index (χ1v) is 5.84. The molecule has 0 aliphatic carbocycles. The number of hydrogen-bond acceptors (Lipinski definition) is 4. The Balaban J connectivity index is 2.71. The number of nitrogens with two attached hydrogens (primary N) is 1. The third kappa shape index (κ3) is 3.30. The number of aromatic nitrogens is 2. The molecule has 17 heavy (non-hydrogen) atoms. The molecule has 0 saturated carbocycles. The molecule has 5 nitrogen and oxygen atoms in total. The second kappa shape index (κ2) is 5.31. The first kappa shape index (κ1) is 13.7. The molecule has 2 atom stereocenters. The van der Waals surface area contributed by atoms with Crippen LogP contribution in [0, 0.1) is 6.92 Å². The van der Waals surface area contributed by atoms with Gasteiger partial charge >= 0.3 is 5.97 Å². The topological polar surface area (TPSA) is 70.1 Å². The fourth-order valence-corrected chi connectivity index (χ4v) is 1.94. The molecule has 1 rings (SSSR count). The van der Waals surface area contributed by atoms with E-state index in [0.29, 0.717) is 13.0 Å². The van der Waals surface area contributed by atoms with Gasteiger partial charge in [-0.3, -0.25) is 4.79 Å². The molecular weight excluding hydrogens is 218 g/mol. The van der Waals surface area contributed by atoms with Crippen molar-refractivity contribution in [2.75, 3.05) is 6.61 Å². The van der Waals surface area contributed by atoms with E-state index >= 15 is 0 Å². The minimum Gasteiger partial charge on any atom is -0.465 e. The first-order chi connectivity index (χ1) is 7.88. The second-order valence-corrected chi connectivity index (χ2v) is 4.57. The number of ether oxygens (including phenoxy) is 1. The summed E-state index contributed by atoms with van der Waals surface area (Å²) >= 11 is 0. The van der Waals surface area contributed by atoms with E-state index in [1.807, 2.05) is 24.6 Å². The maximum absolute atomic E-state index is 11.7. The molecule has 2 N–H and O–H groups in total. The van der Waals surface area contributed by atoms with Gasteiger partial charge in [0.05, 0.1) is 6.61 Å². The molecule has 2 unspecified atom stereocenters. The smallest absolute Gasteiger partial charge is 0.325 e. The Labute approximate surface area is 102 Å². The van der Waals surface area contributed by atoms with Crippen LogP contribution in [0.3, 0.4) is 0 Å². The SMILES string of the molecule is CCOC(=O)C(C)(N)CC(C)n1ccnc1C. The number of nitrogens with zero attached hydrogens (tertiary/aromatic N) is 2. The maximum atomic E-state index is 11.7. The van der Waals surface area contributed by atoms with Crippen molar-refractivity contribution in [3.63, 3.8) is 0 Å². The van der Waals surface area contributed by atoms with Crippen molar-refractivity contribution in [3.8, 4) is 0 Å². The molecule has 0 radical (unpaired) electrons. The molecule has 5 heteroatoms. The molecule has 0 aromatic carbocycles. The van der Waals surface area contributed by atoms with Gasteiger partial charge in [0.25, 0.3) is 0 Å². The third-order valence-electron chi connectivity index (χ3n) is 2.80. The molecule has 1 aromatic heterocycles. The van der Waals surface area contributed by atoms with Gasteiger partial charge in [-0.1, -0.05) is 0 Å². The van der Waals surface area contributed by atoms with Crippen molar-refractivity contribution in [2.24, 2.45) is 5.73 Å². The van der Waals surface area contributed by atoms with Crippen molar-refractivity contribution in [3.05, 3.63) is 18.2 Å².